The predicted molar refractivity (Wildman–Crippen MR) is 56.5 cm³/mol. The normalized spacial score (nSPS) is 12.9. The van der Waals surface area contributed by atoms with Gasteiger partial charge in [0.2, 0.25) is 16.2 Å². The maximum atomic E-state index is 11.5. The Morgan fingerprint density at radius 2 is 2.07 bits per heavy atom. The number of fused-ring (bicyclic) bond motifs is 1. The van der Waals surface area contributed by atoms with Gasteiger partial charge in [0.05, 0.1) is 5.39 Å². The van der Waals surface area contributed by atoms with Crippen LogP contribution in [0.2, 0.25) is 5.02 Å². The second-order valence-corrected chi connectivity index (χ2v) is 4.16. The minimum atomic E-state index is -2.31. The van der Waals surface area contributed by atoms with Gasteiger partial charge >= 0.3 is 0 Å². The highest BCUT2D eigenvalue weighted by atomic mass is 35.5. The van der Waals surface area contributed by atoms with E-state index in [1.54, 1.807) is 6.07 Å². The van der Waals surface area contributed by atoms with E-state index in [1.807, 2.05) is 0 Å². The molecule has 15 heavy (non-hydrogen) atoms. The molecule has 1 aromatic heterocycles. The van der Waals surface area contributed by atoms with Crippen LogP contribution in [0.5, 0.6) is 0 Å². The fourth-order valence-electron chi connectivity index (χ4n) is 1.19. The van der Waals surface area contributed by atoms with Crippen LogP contribution in [0.25, 0.3) is 11.0 Å². The number of rotatable bonds is 1. The number of benzene rings is 1. The highest BCUT2D eigenvalue weighted by molar-refractivity contribution is 7.79. The first-order valence-electron chi connectivity index (χ1n) is 3.92. The molecule has 0 aliphatic rings. The molecule has 1 heterocycles. The molecule has 2 aromatic rings. The summed E-state index contributed by atoms with van der Waals surface area (Å²) in [6, 6.07) is 5.48. The zero-order valence-corrected chi connectivity index (χ0v) is 8.84. The van der Waals surface area contributed by atoms with Crippen LogP contribution in [0.1, 0.15) is 0 Å². The van der Waals surface area contributed by atoms with Gasteiger partial charge in [-0.2, -0.15) is 0 Å². The lowest BCUT2D eigenvalue weighted by Crippen LogP contribution is -2.02. The van der Waals surface area contributed by atoms with E-state index in [9.17, 15) is 9.00 Å². The van der Waals surface area contributed by atoms with Crippen molar-refractivity contribution in [3.8, 4) is 0 Å². The average molecular weight is 245 g/mol. The van der Waals surface area contributed by atoms with Crippen LogP contribution in [-0.4, -0.2) is 8.76 Å². The van der Waals surface area contributed by atoms with Crippen molar-refractivity contribution in [3.63, 3.8) is 0 Å². The molecular weight excluding hydrogens is 240 g/mol. The molecular formula is C9H5ClO4S. The van der Waals surface area contributed by atoms with E-state index < -0.39 is 11.1 Å². The number of hydrogen-bond acceptors (Lipinski definition) is 3. The largest absolute Gasteiger partial charge is 0.444 e. The van der Waals surface area contributed by atoms with Gasteiger partial charge in [-0.1, -0.05) is 11.6 Å². The molecule has 0 fully saturated rings. The van der Waals surface area contributed by atoms with Crippen molar-refractivity contribution >= 4 is 33.7 Å². The quantitative estimate of drug-likeness (QED) is 0.780. The SMILES string of the molecule is O=c1cc(S(=O)O)oc2cc(Cl)ccc12. The molecule has 0 radical (unpaired) electrons. The summed E-state index contributed by atoms with van der Waals surface area (Å²) in [5, 5.41) is 0.440. The van der Waals surface area contributed by atoms with E-state index in [-0.39, 0.29) is 16.1 Å². The van der Waals surface area contributed by atoms with Gasteiger partial charge in [0.25, 0.3) is 0 Å². The van der Waals surface area contributed by atoms with E-state index in [4.69, 9.17) is 20.6 Å². The molecule has 2 rings (SSSR count). The first-order chi connectivity index (χ1) is 7.08. The van der Waals surface area contributed by atoms with E-state index in [0.29, 0.717) is 10.4 Å². The lowest BCUT2D eigenvalue weighted by molar-refractivity contribution is 0.458. The monoisotopic (exact) mass is 244 g/mol. The summed E-state index contributed by atoms with van der Waals surface area (Å²) in [5.74, 6) is 0. The highest BCUT2D eigenvalue weighted by Crippen LogP contribution is 2.18. The fourth-order valence-corrected chi connectivity index (χ4v) is 1.72. The molecule has 0 aliphatic heterocycles. The third-order valence-electron chi connectivity index (χ3n) is 1.84. The molecule has 0 bridgehead atoms. The molecule has 0 spiro atoms. The lowest BCUT2D eigenvalue weighted by atomic mass is 10.2. The molecule has 0 amide bonds. The van der Waals surface area contributed by atoms with Gasteiger partial charge in [0, 0.05) is 17.2 Å². The van der Waals surface area contributed by atoms with E-state index in [2.05, 4.69) is 0 Å². The van der Waals surface area contributed by atoms with Crippen LogP contribution in [0.4, 0.5) is 0 Å². The maximum Gasteiger partial charge on any atom is 0.223 e. The van der Waals surface area contributed by atoms with Crippen LogP contribution in [-0.2, 0) is 11.1 Å². The van der Waals surface area contributed by atoms with E-state index in [1.165, 1.54) is 12.1 Å². The zero-order valence-electron chi connectivity index (χ0n) is 7.27. The Kier molecular flexibility index (Phi) is 2.60. The van der Waals surface area contributed by atoms with Gasteiger partial charge in [-0.15, -0.1) is 0 Å². The third-order valence-corrected chi connectivity index (χ3v) is 2.62. The van der Waals surface area contributed by atoms with Gasteiger partial charge in [-0.05, 0) is 12.1 Å². The van der Waals surface area contributed by atoms with Crippen LogP contribution in [0.3, 0.4) is 0 Å². The maximum absolute atomic E-state index is 11.5. The van der Waals surface area contributed by atoms with Gasteiger partial charge in [-0.25, -0.2) is 4.21 Å². The Morgan fingerprint density at radius 1 is 1.33 bits per heavy atom. The Morgan fingerprint density at radius 3 is 2.73 bits per heavy atom. The molecule has 1 aromatic carbocycles. The summed E-state index contributed by atoms with van der Waals surface area (Å²) in [7, 11) is 0. The van der Waals surface area contributed by atoms with Gasteiger partial charge in [0.15, 0.2) is 5.43 Å². The second-order valence-electron chi connectivity index (χ2n) is 2.82. The van der Waals surface area contributed by atoms with Crippen molar-refractivity contribution in [1.29, 1.82) is 0 Å². The smallest absolute Gasteiger partial charge is 0.223 e. The molecule has 0 saturated carbocycles. The topological polar surface area (TPSA) is 67.5 Å². The summed E-state index contributed by atoms with van der Waals surface area (Å²) >= 11 is 3.39. The van der Waals surface area contributed by atoms with Crippen LogP contribution in [0, 0.1) is 0 Å². The van der Waals surface area contributed by atoms with E-state index >= 15 is 0 Å². The number of halogens is 1. The summed E-state index contributed by atoms with van der Waals surface area (Å²) < 4.78 is 24.6. The Bertz CT molecular complexity index is 605. The van der Waals surface area contributed by atoms with Gasteiger partial charge in [0.1, 0.15) is 5.58 Å². The average Bonchev–Trinajstić information content (AvgIpc) is 2.16. The minimum Gasteiger partial charge on any atom is -0.444 e. The van der Waals surface area contributed by atoms with Crippen molar-refractivity contribution in [2.24, 2.45) is 0 Å². The Hall–Kier alpha value is -1.17. The Labute approximate surface area is 91.8 Å². The summed E-state index contributed by atoms with van der Waals surface area (Å²) in [4.78, 5) is 11.5. The fraction of sp³-hybridized carbons (Fsp3) is 0. The van der Waals surface area contributed by atoms with Crippen LogP contribution >= 0.6 is 11.6 Å². The molecule has 78 valence electrons. The highest BCUT2D eigenvalue weighted by Gasteiger charge is 2.08. The van der Waals surface area contributed by atoms with Crippen molar-refractivity contribution in [2.45, 2.75) is 5.09 Å². The van der Waals surface area contributed by atoms with Crippen LogP contribution < -0.4 is 5.43 Å². The summed E-state index contributed by atoms with van der Waals surface area (Å²) in [6.45, 7) is 0. The molecule has 6 heteroatoms. The van der Waals surface area contributed by atoms with Gasteiger partial charge in [-0.3, -0.25) is 9.35 Å². The summed E-state index contributed by atoms with van der Waals surface area (Å²) in [6.07, 6.45) is 0. The molecule has 1 N–H and O–H groups in total. The molecule has 1 atom stereocenters. The second kappa shape index (κ2) is 3.77. The van der Waals surface area contributed by atoms with Crippen molar-refractivity contribution in [1.82, 2.24) is 0 Å². The van der Waals surface area contributed by atoms with Gasteiger partial charge < -0.3 is 4.42 Å². The lowest BCUT2D eigenvalue weighted by Gasteiger charge is -1.99. The first kappa shape index (κ1) is 10.4. The first-order valence-corrected chi connectivity index (χ1v) is 5.40. The van der Waals surface area contributed by atoms with Crippen molar-refractivity contribution in [2.75, 3.05) is 0 Å². The summed E-state index contributed by atoms with van der Waals surface area (Å²) in [5.41, 5.74) is -0.169. The zero-order chi connectivity index (χ0) is 11.0. The standard InChI is InChI=1S/C9H5ClO4S/c10-5-1-2-6-7(11)4-9(15(12)13)14-8(6)3-5/h1-4H,(H,12,13). The molecule has 0 aliphatic carbocycles. The predicted octanol–water partition coefficient (Wildman–Crippen LogP) is 2.03. The molecule has 4 nitrogen and oxygen atoms in total. The molecule has 0 saturated heterocycles. The third kappa shape index (κ3) is 1.94. The van der Waals surface area contributed by atoms with Crippen molar-refractivity contribution < 1.29 is 13.2 Å². The van der Waals surface area contributed by atoms with Crippen molar-refractivity contribution in [3.05, 3.63) is 39.5 Å². The molecule has 1 unspecified atom stereocenters. The minimum absolute atomic E-state index is 0.201. The van der Waals surface area contributed by atoms with Crippen LogP contribution in [0.15, 0.2) is 38.6 Å². The Balaban J connectivity index is 2.85. The van der Waals surface area contributed by atoms with E-state index in [0.717, 1.165) is 6.07 Å². The number of hydrogen-bond donors (Lipinski definition) is 1.